The van der Waals surface area contributed by atoms with Crippen molar-refractivity contribution < 1.29 is 9.53 Å². The molecule has 2 heterocycles. The SMILES string of the molecule is COc1cccc(N2CCN(C(=O)c3csc(C)n3)CC2)c1. The summed E-state index contributed by atoms with van der Waals surface area (Å²) in [7, 11) is 1.67. The van der Waals surface area contributed by atoms with Gasteiger partial charge in [0.15, 0.2) is 0 Å². The van der Waals surface area contributed by atoms with Crippen molar-refractivity contribution in [3.63, 3.8) is 0 Å². The number of ether oxygens (including phenoxy) is 1. The molecule has 0 bridgehead atoms. The molecule has 1 saturated heterocycles. The third kappa shape index (κ3) is 3.06. The van der Waals surface area contributed by atoms with Crippen LogP contribution in [0.5, 0.6) is 5.75 Å². The van der Waals surface area contributed by atoms with Gasteiger partial charge >= 0.3 is 0 Å². The van der Waals surface area contributed by atoms with Crippen LogP contribution in [0.4, 0.5) is 5.69 Å². The summed E-state index contributed by atoms with van der Waals surface area (Å²) in [6.45, 7) is 4.99. The maximum absolute atomic E-state index is 12.4. The molecule has 5 nitrogen and oxygen atoms in total. The molecule has 1 aromatic carbocycles. The highest BCUT2D eigenvalue weighted by Gasteiger charge is 2.23. The van der Waals surface area contributed by atoms with E-state index in [1.165, 1.54) is 11.3 Å². The summed E-state index contributed by atoms with van der Waals surface area (Å²) >= 11 is 1.52. The third-order valence-electron chi connectivity index (χ3n) is 3.82. The van der Waals surface area contributed by atoms with E-state index in [9.17, 15) is 4.79 Å². The molecule has 1 aromatic heterocycles. The van der Waals surface area contributed by atoms with Crippen LogP contribution in [0.25, 0.3) is 0 Å². The summed E-state index contributed by atoms with van der Waals surface area (Å²) in [5.74, 6) is 0.892. The van der Waals surface area contributed by atoms with Gasteiger partial charge in [-0.25, -0.2) is 4.98 Å². The van der Waals surface area contributed by atoms with Crippen molar-refractivity contribution in [2.24, 2.45) is 0 Å². The van der Waals surface area contributed by atoms with Crippen molar-refractivity contribution in [1.29, 1.82) is 0 Å². The molecule has 116 valence electrons. The molecule has 0 saturated carbocycles. The van der Waals surface area contributed by atoms with Crippen molar-refractivity contribution in [3.05, 3.63) is 40.3 Å². The quantitative estimate of drug-likeness (QED) is 0.872. The average molecular weight is 317 g/mol. The molecule has 6 heteroatoms. The number of rotatable bonds is 3. The van der Waals surface area contributed by atoms with Crippen molar-refractivity contribution in [2.75, 3.05) is 38.2 Å². The van der Waals surface area contributed by atoms with Gasteiger partial charge in [0.2, 0.25) is 0 Å². The lowest BCUT2D eigenvalue weighted by Crippen LogP contribution is -2.48. The Hall–Kier alpha value is -2.08. The molecule has 1 aliphatic rings. The summed E-state index contributed by atoms with van der Waals surface area (Å²) in [6, 6.07) is 8.03. The lowest BCUT2D eigenvalue weighted by Gasteiger charge is -2.35. The number of anilines is 1. The molecule has 3 rings (SSSR count). The zero-order chi connectivity index (χ0) is 15.5. The van der Waals surface area contributed by atoms with Crippen molar-refractivity contribution >= 4 is 22.9 Å². The first-order valence-electron chi connectivity index (χ1n) is 7.28. The van der Waals surface area contributed by atoms with Crippen LogP contribution in [-0.2, 0) is 0 Å². The number of benzene rings is 1. The van der Waals surface area contributed by atoms with Gasteiger partial charge in [-0.15, -0.1) is 11.3 Å². The van der Waals surface area contributed by atoms with E-state index < -0.39 is 0 Å². The van der Waals surface area contributed by atoms with Crippen LogP contribution in [-0.4, -0.2) is 49.1 Å². The fourth-order valence-corrected chi connectivity index (χ4v) is 3.19. The predicted molar refractivity (Wildman–Crippen MR) is 88.0 cm³/mol. The Morgan fingerprint density at radius 1 is 1.27 bits per heavy atom. The van der Waals surface area contributed by atoms with Crippen LogP contribution in [0.15, 0.2) is 29.6 Å². The third-order valence-corrected chi connectivity index (χ3v) is 4.60. The molecule has 1 fully saturated rings. The first kappa shape index (κ1) is 14.8. The zero-order valence-electron chi connectivity index (χ0n) is 12.8. The minimum atomic E-state index is 0.0367. The lowest BCUT2D eigenvalue weighted by atomic mass is 10.2. The monoisotopic (exact) mass is 317 g/mol. The molecule has 0 atom stereocenters. The first-order chi connectivity index (χ1) is 10.7. The molecule has 2 aromatic rings. The summed E-state index contributed by atoms with van der Waals surface area (Å²) in [5, 5.41) is 2.77. The normalized spacial score (nSPS) is 15.0. The number of piperazine rings is 1. The number of amides is 1. The molecule has 22 heavy (non-hydrogen) atoms. The highest BCUT2D eigenvalue weighted by Crippen LogP contribution is 2.22. The van der Waals surface area contributed by atoms with Gasteiger partial charge in [-0.2, -0.15) is 0 Å². The Balaban J connectivity index is 1.63. The molecular weight excluding hydrogens is 298 g/mol. The number of methoxy groups -OCH3 is 1. The second-order valence-corrected chi connectivity index (χ2v) is 6.29. The van der Waals surface area contributed by atoms with Crippen molar-refractivity contribution in [1.82, 2.24) is 9.88 Å². The topological polar surface area (TPSA) is 45.7 Å². The number of hydrogen-bond acceptors (Lipinski definition) is 5. The number of nitrogens with zero attached hydrogens (tertiary/aromatic N) is 3. The van der Waals surface area contributed by atoms with Gasteiger partial charge in [0.25, 0.3) is 5.91 Å². The van der Waals surface area contributed by atoms with E-state index in [1.54, 1.807) is 7.11 Å². The van der Waals surface area contributed by atoms with Crippen LogP contribution >= 0.6 is 11.3 Å². The Morgan fingerprint density at radius 2 is 2.05 bits per heavy atom. The van der Waals surface area contributed by atoms with Gasteiger partial charge < -0.3 is 14.5 Å². The van der Waals surface area contributed by atoms with Crippen molar-refractivity contribution in [3.8, 4) is 5.75 Å². The molecule has 1 aliphatic heterocycles. The highest BCUT2D eigenvalue weighted by molar-refractivity contribution is 7.09. The number of thiazole rings is 1. The maximum Gasteiger partial charge on any atom is 0.273 e. The second kappa shape index (κ2) is 6.36. The molecule has 0 unspecified atom stereocenters. The zero-order valence-corrected chi connectivity index (χ0v) is 13.6. The molecule has 0 radical (unpaired) electrons. The fourth-order valence-electron chi connectivity index (χ4n) is 2.60. The Labute approximate surface area is 134 Å². The smallest absolute Gasteiger partial charge is 0.273 e. The molecular formula is C16H19N3O2S. The van der Waals surface area contributed by atoms with E-state index in [4.69, 9.17) is 4.74 Å². The standard InChI is InChI=1S/C16H19N3O2S/c1-12-17-15(11-22-12)16(20)19-8-6-18(7-9-19)13-4-3-5-14(10-13)21-2/h3-5,10-11H,6-9H2,1-2H3. The van der Waals surface area contributed by atoms with Crippen LogP contribution < -0.4 is 9.64 Å². The minimum absolute atomic E-state index is 0.0367. The summed E-state index contributed by atoms with van der Waals surface area (Å²) in [4.78, 5) is 20.8. The molecule has 0 aliphatic carbocycles. The number of aromatic nitrogens is 1. The Kier molecular flexibility index (Phi) is 4.29. The first-order valence-corrected chi connectivity index (χ1v) is 8.16. The molecule has 1 amide bonds. The number of hydrogen-bond donors (Lipinski definition) is 0. The van der Waals surface area contributed by atoms with E-state index in [-0.39, 0.29) is 5.91 Å². The van der Waals surface area contributed by atoms with E-state index in [1.807, 2.05) is 35.4 Å². The van der Waals surface area contributed by atoms with Gasteiger partial charge in [0.1, 0.15) is 11.4 Å². The number of aryl methyl sites for hydroxylation is 1. The largest absolute Gasteiger partial charge is 0.497 e. The van der Waals surface area contributed by atoms with E-state index >= 15 is 0 Å². The van der Waals surface area contributed by atoms with Gasteiger partial charge in [-0.1, -0.05) is 6.07 Å². The number of carbonyl (C=O) groups excluding carboxylic acids is 1. The predicted octanol–water partition coefficient (Wildman–Crippen LogP) is 2.42. The van der Waals surface area contributed by atoms with Gasteiger partial charge in [0, 0.05) is 43.3 Å². The van der Waals surface area contributed by atoms with Crippen molar-refractivity contribution in [2.45, 2.75) is 6.92 Å². The minimum Gasteiger partial charge on any atom is -0.497 e. The van der Waals surface area contributed by atoms with Crippen LogP contribution in [0.1, 0.15) is 15.5 Å². The highest BCUT2D eigenvalue weighted by atomic mass is 32.1. The fraction of sp³-hybridized carbons (Fsp3) is 0.375. The van der Waals surface area contributed by atoms with Crippen LogP contribution in [0.3, 0.4) is 0 Å². The second-order valence-electron chi connectivity index (χ2n) is 5.23. The average Bonchev–Trinajstić information content (AvgIpc) is 3.01. The van der Waals surface area contributed by atoms with E-state index in [2.05, 4.69) is 16.0 Å². The maximum atomic E-state index is 12.4. The summed E-state index contributed by atoms with van der Waals surface area (Å²) in [6.07, 6.45) is 0. The number of carbonyl (C=O) groups is 1. The van der Waals surface area contributed by atoms with E-state index in [0.29, 0.717) is 18.8 Å². The van der Waals surface area contributed by atoms with E-state index in [0.717, 1.165) is 29.5 Å². The summed E-state index contributed by atoms with van der Waals surface area (Å²) in [5.41, 5.74) is 1.70. The lowest BCUT2D eigenvalue weighted by molar-refractivity contribution is 0.0741. The Morgan fingerprint density at radius 3 is 2.68 bits per heavy atom. The molecule has 0 N–H and O–H groups in total. The van der Waals surface area contributed by atoms with Gasteiger partial charge in [-0.3, -0.25) is 4.79 Å². The van der Waals surface area contributed by atoms with Crippen LogP contribution in [0.2, 0.25) is 0 Å². The molecule has 0 spiro atoms. The summed E-state index contributed by atoms with van der Waals surface area (Å²) < 4.78 is 5.27. The Bertz CT molecular complexity index is 663. The van der Waals surface area contributed by atoms with Gasteiger partial charge in [-0.05, 0) is 19.1 Å². The van der Waals surface area contributed by atoms with Crippen LogP contribution in [0, 0.1) is 6.92 Å². The van der Waals surface area contributed by atoms with Gasteiger partial charge in [0.05, 0.1) is 12.1 Å².